The fraction of sp³-hybridized carbons (Fsp3) is 0.400. The zero-order chi connectivity index (χ0) is 9.14. The first-order chi connectivity index (χ1) is 5.69. The molecule has 1 rings (SSSR count). The molecule has 0 aliphatic carbocycles. The van der Waals surface area contributed by atoms with Crippen molar-refractivity contribution in [2.45, 2.75) is 23.6 Å². The van der Waals surface area contributed by atoms with Gasteiger partial charge in [0, 0.05) is 9.79 Å². The van der Waals surface area contributed by atoms with E-state index in [1.165, 1.54) is 20.9 Å². The maximum Gasteiger partial charge on any atom is 0.0102 e. The number of benzene rings is 1. The molecule has 0 radical (unpaired) electrons. The van der Waals surface area contributed by atoms with Gasteiger partial charge in [-0.05, 0) is 49.6 Å². The van der Waals surface area contributed by atoms with E-state index >= 15 is 0 Å². The second kappa shape index (κ2) is 4.24. The standard InChI is InChI=1S/C10H14S2/c1-7-5-10(12-4)8(2)6-9(7)11-3/h5-6H,1-4H3. The molecule has 1 aromatic carbocycles. The highest BCUT2D eigenvalue weighted by Gasteiger charge is 2.01. The van der Waals surface area contributed by atoms with Crippen LogP contribution >= 0.6 is 23.5 Å². The van der Waals surface area contributed by atoms with Crippen molar-refractivity contribution in [1.29, 1.82) is 0 Å². The fourth-order valence-corrected chi connectivity index (χ4v) is 2.55. The summed E-state index contributed by atoms with van der Waals surface area (Å²) in [4.78, 5) is 2.79. The SMILES string of the molecule is CSc1cc(C)c(SC)cc1C. The topological polar surface area (TPSA) is 0 Å². The molecule has 0 saturated heterocycles. The van der Waals surface area contributed by atoms with Gasteiger partial charge in [0.15, 0.2) is 0 Å². The first-order valence-corrected chi connectivity index (χ1v) is 6.33. The first-order valence-electron chi connectivity index (χ1n) is 3.88. The second-order valence-electron chi connectivity index (χ2n) is 2.79. The molecule has 0 heterocycles. The number of rotatable bonds is 2. The molecule has 0 amide bonds. The van der Waals surface area contributed by atoms with Crippen molar-refractivity contribution >= 4 is 23.5 Å². The Labute approximate surface area is 83.1 Å². The predicted molar refractivity (Wildman–Crippen MR) is 59.5 cm³/mol. The minimum Gasteiger partial charge on any atom is -0.129 e. The molecule has 1 aromatic rings. The zero-order valence-corrected chi connectivity index (χ0v) is 9.60. The molecule has 0 aliphatic heterocycles. The van der Waals surface area contributed by atoms with Gasteiger partial charge in [-0.2, -0.15) is 0 Å². The van der Waals surface area contributed by atoms with Crippen LogP contribution in [0.2, 0.25) is 0 Å². The molecule has 0 bridgehead atoms. The van der Waals surface area contributed by atoms with Crippen LogP contribution in [0.15, 0.2) is 21.9 Å². The van der Waals surface area contributed by atoms with Gasteiger partial charge in [-0.25, -0.2) is 0 Å². The van der Waals surface area contributed by atoms with Gasteiger partial charge in [0.1, 0.15) is 0 Å². The van der Waals surface area contributed by atoms with Crippen LogP contribution in [0.25, 0.3) is 0 Å². The molecule has 0 atom stereocenters. The van der Waals surface area contributed by atoms with Crippen LogP contribution in [0.1, 0.15) is 11.1 Å². The minimum absolute atomic E-state index is 1.39. The molecule has 0 saturated carbocycles. The van der Waals surface area contributed by atoms with E-state index in [9.17, 15) is 0 Å². The molecular weight excluding hydrogens is 184 g/mol. The van der Waals surface area contributed by atoms with Crippen LogP contribution < -0.4 is 0 Å². The lowest BCUT2D eigenvalue weighted by atomic mass is 10.2. The lowest BCUT2D eigenvalue weighted by molar-refractivity contribution is 1.18. The molecular formula is C10H14S2. The molecule has 0 aliphatic rings. The third kappa shape index (κ3) is 1.99. The summed E-state index contributed by atoms with van der Waals surface area (Å²) in [6.07, 6.45) is 4.25. The van der Waals surface area contributed by atoms with Crippen LogP contribution in [0, 0.1) is 13.8 Å². The monoisotopic (exact) mass is 198 g/mol. The summed E-state index contributed by atoms with van der Waals surface area (Å²) in [5.41, 5.74) is 2.77. The van der Waals surface area contributed by atoms with E-state index in [4.69, 9.17) is 0 Å². The quantitative estimate of drug-likeness (QED) is 0.664. The van der Waals surface area contributed by atoms with E-state index in [1.807, 2.05) is 23.5 Å². The fourth-order valence-electron chi connectivity index (χ4n) is 1.20. The Morgan fingerprint density at radius 2 is 1.17 bits per heavy atom. The van der Waals surface area contributed by atoms with E-state index in [-0.39, 0.29) is 0 Å². The van der Waals surface area contributed by atoms with Crippen molar-refractivity contribution in [3.05, 3.63) is 23.3 Å². The Kier molecular flexibility index (Phi) is 3.53. The van der Waals surface area contributed by atoms with Gasteiger partial charge in [0.2, 0.25) is 0 Å². The van der Waals surface area contributed by atoms with Crippen molar-refractivity contribution in [2.75, 3.05) is 12.5 Å². The van der Waals surface area contributed by atoms with Gasteiger partial charge in [0.05, 0.1) is 0 Å². The molecule has 0 unspecified atom stereocenters. The van der Waals surface area contributed by atoms with Crippen LogP contribution in [0.4, 0.5) is 0 Å². The Balaban J connectivity index is 3.16. The summed E-state index contributed by atoms with van der Waals surface area (Å²) in [5.74, 6) is 0. The normalized spacial score (nSPS) is 10.3. The van der Waals surface area contributed by atoms with Crippen molar-refractivity contribution < 1.29 is 0 Å². The zero-order valence-electron chi connectivity index (χ0n) is 7.97. The lowest BCUT2D eigenvalue weighted by Crippen LogP contribution is -1.84. The lowest BCUT2D eigenvalue weighted by Gasteiger charge is -2.07. The summed E-state index contributed by atoms with van der Waals surface area (Å²) in [5, 5.41) is 0. The number of hydrogen-bond acceptors (Lipinski definition) is 2. The number of aryl methyl sites for hydroxylation is 2. The van der Waals surface area contributed by atoms with Crippen LogP contribution in [-0.4, -0.2) is 12.5 Å². The minimum atomic E-state index is 1.39. The van der Waals surface area contributed by atoms with E-state index in [2.05, 4.69) is 38.5 Å². The number of hydrogen-bond donors (Lipinski definition) is 0. The third-order valence-corrected chi connectivity index (χ3v) is 3.67. The van der Waals surface area contributed by atoms with Gasteiger partial charge in [0.25, 0.3) is 0 Å². The Morgan fingerprint density at radius 3 is 1.42 bits per heavy atom. The highest BCUT2D eigenvalue weighted by Crippen LogP contribution is 2.28. The van der Waals surface area contributed by atoms with Gasteiger partial charge < -0.3 is 0 Å². The first kappa shape index (κ1) is 10.0. The Hall–Kier alpha value is -0.0800. The van der Waals surface area contributed by atoms with Crippen LogP contribution in [-0.2, 0) is 0 Å². The van der Waals surface area contributed by atoms with Crippen molar-refractivity contribution in [1.82, 2.24) is 0 Å². The Morgan fingerprint density at radius 1 is 0.833 bits per heavy atom. The van der Waals surface area contributed by atoms with Crippen molar-refractivity contribution in [2.24, 2.45) is 0 Å². The average Bonchev–Trinajstić information content (AvgIpc) is 2.08. The molecule has 0 nitrogen and oxygen atoms in total. The van der Waals surface area contributed by atoms with Crippen LogP contribution in [0.5, 0.6) is 0 Å². The largest absolute Gasteiger partial charge is 0.129 e. The summed E-state index contributed by atoms with van der Waals surface area (Å²) < 4.78 is 0. The summed E-state index contributed by atoms with van der Waals surface area (Å²) >= 11 is 3.64. The van der Waals surface area contributed by atoms with Gasteiger partial charge in [-0.3, -0.25) is 0 Å². The molecule has 2 heteroatoms. The molecule has 66 valence electrons. The second-order valence-corrected chi connectivity index (χ2v) is 4.49. The molecule has 0 aromatic heterocycles. The van der Waals surface area contributed by atoms with Crippen molar-refractivity contribution in [3.8, 4) is 0 Å². The molecule has 0 spiro atoms. The highest BCUT2D eigenvalue weighted by atomic mass is 32.2. The maximum absolute atomic E-state index is 2.27. The third-order valence-electron chi connectivity index (χ3n) is 1.91. The van der Waals surface area contributed by atoms with E-state index in [0.29, 0.717) is 0 Å². The predicted octanol–water partition coefficient (Wildman–Crippen LogP) is 3.75. The van der Waals surface area contributed by atoms with Gasteiger partial charge in [-0.15, -0.1) is 23.5 Å². The van der Waals surface area contributed by atoms with Gasteiger partial charge in [-0.1, -0.05) is 0 Å². The van der Waals surface area contributed by atoms with E-state index in [0.717, 1.165) is 0 Å². The van der Waals surface area contributed by atoms with Gasteiger partial charge >= 0.3 is 0 Å². The molecule has 0 fully saturated rings. The van der Waals surface area contributed by atoms with E-state index in [1.54, 1.807) is 0 Å². The smallest absolute Gasteiger partial charge is 0.0102 e. The summed E-state index contributed by atoms with van der Waals surface area (Å²) in [7, 11) is 0. The average molecular weight is 198 g/mol. The van der Waals surface area contributed by atoms with E-state index < -0.39 is 0 Å². The number of thioether (sulfide) groups is 2. The van der Waals surface area contributed by atoms with Crippen LogP contribution in [0.3, 0.4) is 0 Å². The summed E-state index contributed by atoms with van der Waals surface area (Å²) in [6.45, 7) is 4.34. The molecule has 0 N–H and O–H groups in total. The summed E-state index contributed by atoms with van der Waals surface area (Å²) in [6, 6.07) is 4.54. The van der Waals surface area contributed by atoms with Crippen molar-refractivity contribution in [3.63, 3.8) is 0 Å². The Bertz CT molecular complexity index is 250. The maximum atomic E-state index is 2.27. The molecule has 12 heavy (non-hydrogen) atoms. The highest BCUT2D eigenvalue weighted by molar-refractivity contribution is 7.99.